The molecule has 35 heavy (non-hydrogen) atoms. The third-order valence-electron chi connectivity index (χ3n) is 5.91. The minimum atomic E-state index is -0.171. The lowest BCUT2D eigenvalue weighted by Crippen LogP contribution is -2.21. The monoisotopic (exact) mass is 526 g/mol. The number of hydrazone groups is 1. The number of halogens is 1. The minimum Gasteiger partial charge on any atom is -0.493 e. The van der Waals surface area contributed by atoms with Gasteiger partial charge < -0.3 is 9.47 Å². The van der Waals surface area contributed by atoms with E-state index in [0.717, 1.165) is 26.7 Å². The Morgan fingerprint density at radius 3 is 2.49 bits per heavy atom. The zero-order chi connectivity index (χ0) is 24.4. The number of hydrogen-bond donors (Lipinski definition) is 0. The van der Waals surface area contributed by atoms with Crippen molar-refractivity contribution in [3.8, 4) is 11.5 Å². The summed E-state index contributed by atoms with van der Waals surface area (Å²) in [7, 11) is 1.61. The molecule has 0 saturated carbocycles. The van der Waals surface area contributed by atoms with Gasteiger partial charge in [-0.3, -0.25) is 4.79 Å². The number of carbonyl (C=O) groups excluding carboxylic acids is 1. The molecule has 0 radical (unpaired) electrons. The van der Waals surface area contributed by atoms with Crippen LogP contribution in [0.3, 0.4) is 0 Å². The summed E-state index contributed by atoms with van der Waals surface area (Å²) >= 11 is 3.64. The molecule has 0 aromatic heterocycles. The third-order valence-corrected chi connectivity index (χ3v) is 6.60. The molecule has 5 nitrogen and oxygen atoms in total. The number of nitrogens with zero attached hydrogens (tertiary/aromatic N) is 2. The van der Waals surface area contributed by atoms with Crippen molar-refractivity contribution in [2.24, 2.45) is 5.10 Å². The Hall–Kier alpha value is -3.90. The van der Waals surface area contributed by atoms with E-state index in [1.807, 2.05) is 73.7 Å². The predicted octanol–water partition coefficient (Wildman–Crippen LogP) is 7.00. The van der Waals surface area contributed by atoms with Crippen molar-refractivity contribution in [2.45, 2.75) is 13.5 Å². The van der Waals surface area contributed by atoms with Gasteiger partial charge in [0.15, 0.2) is 11.5 Å². The zero-order valence-corrected chi connectivity index (χ0v) is 21.0. The van der Waals surface area contributed by atoms with Crippen molar-refractivity contribution in [1.29, 1.82) is 0 Å². The smallest absolute Gasteiger partial charge is 0.280 e. The highest BCUT2D eigenvalue weighted by Gasteiger charge is 2.29. The van der Waals surface area contributed by atoms with Crippen LogP contribution in [0.5, 0.6) is 11.5 Å². The molecule has 0 atom stereocenters. The summed E-state index contributed by atoms with van der Waals surface area (Å²) in [5.41, 5.74) is 3.81. The average molecular weight is 527 g/mol. The lowest BCUT2D eigenvalue weighted by molar-refractivity contribution is -0.114. The van der Waals surface area contributed by atoms with Crippen LogP contribution in [0.1, 0.15) is 18.1 Å². The molecule has 4 aromatic carbocycles. The third kappa shape index (κ3) is 4.57. The summed E-state index contributed by atoms with van der Waals surface area (Å²) in [6.45, 7) is 2.24. The Bertz CT molecular complexity index is 1470. The lowest BCUT2D eigenvalue weighted by Gasteiger charge is -2.14. The molecule has 0 unspecified atom stereocenters. The summed E-state index contributed by atoms with van der Waals surface area (Å²) in [4.78, 5) is 13.1. The predicted molar refractivity (Wildman–Crippen MR) is 144 cm³/mol. The van der Waals surface area contributed by atoms with Crippen LogP contribution in [-0.4, -0.2) is 18.7 Å². The Balaban J connectivity index is 1.42. The molecular formula is C29H23BrN2O3. The van der Waals surface area contributed by atoms with Crippen LogP contribution in [-0.2, 0) is 11.4 Å². The molecule has 0 N–H and O–H groups in total. The number of benzene rings is 4. The van der Waals surface area contributed by atoms with E-state index in [9.17, 15) is 4.79 Å². The van der Waals surface area contributed by atoms with Gasteiger partial charge in [-0.05, 0) is 59.2 Å². The fourth-order valence-corrected chi connectivity index (χ4v) is 4.53. The summed E-state index contributed by atoms with van der Waals surface area (Å²) in [6, 6.07) is 27.6. The largest absolute Gasteiger partial charge is 0.493 e. The number of ether oxygens (including phenoxy) is 2. The highest BCUT2D eigenvalue weighted by molar-refractivity contribution is 9.10. The Kier molecular flexibility index (Phi) is 6.38. The number of amides is 1. The van der Waals surface area contributed by atoms with Gasteiger partial charge in [-0.25, -0.2) is 0 Å². The first-order valence-electron chi connectivity index (χ1n) is 11.2. The molecule has 4 aromatic rings. The SMILES string of the molecule is COc1cc(/C=C2/C(=O)N(c3ccccc3)N=C2C)c(Br)cc1OCc1cccc2ccccc12. The van der Waals surface area contributed by atoms with Crippen LogP contribution in [0, 0.1) is 0 Å². The maximum absolute atomic E-state index is 13.1. The van der Waals surface area contributed by atoms with Crippen LogP contribution < -0.4 is 14.5 Å². The summed E-state index contributed by atoms with van der Waals surface area (Å²) in [5.74, 6) is 1.03. The van der Waals surface area contributed by atoms with E-state index in [1.165, 1.54) is 10.4 Å². The quantitative estimate of drug-likeness (QED) is 0.254. The molecule has 5 rings (SSSR count). The fourth-order valence-electron chi connectivity index (χ4n) is 4.09. The van der Waals surface area contributed by atoms with Gasteiger partial charge in [0.1, 0.15) is 6.61 Å². The number of carbonyl (C=O) groups is 1. The van der Waals surface area contributed by atoms with Crippen molar-refractivity contribution in [3.05, 3.63) is 106 Å². The highest BCUT2D eigenvalue weighted by atomic mass is 79.9. The molecule has 6 heteroatoms. The van der Waals surface area contributed by atoms with Gasteiger partial charge in [-0.2, -0.15) is 10.1 Å². The van der Waals surface area contributed by atoms with Crippen LogP contribution in [0.25, 0.3) is 16.8 Å². The van der Waals surface area contributed by atoms with Crippen LogP contribution in [0.2, 0.25) is 0 Å². The summed E-state index contributed by atoms with van der Waals surface area (Å²) < 4.78 is 12.6. The van der Waals surface area contributed by atoms with Crippen LogP contribution in [0.15, 0.2) is 100 Å². The number of anilines is 1. The zero-order valence-electron chi connectivity index (χ0n) is 19.4. The first-order valence-corrected chi connectivity index (χ1v) is 12.0. The van der Waals surface area contributed by atoms with Gasteiger partial charge in [0.2, 0.25) is 0 Å². The highest BCUT2D eigenvalue weighted by Crippen LogP contribution is 2.36. The molecule has 1 aliphatic heterocycles. The van der Waals surface area contributed by atoms with E-state index in [4.69, 9.17) is 9.47 Å². The molecule has 174 valence electrons. The lowest BCUT2D eigenvalue weighted by atomic mass is 10.1. The van der Waals surface area contributed by atoms with Crippen molar-refractivity contribution in [3.63, 3.8) is 0 Å². The van der Waals surface area contributed by atoms with Crippen LogP contribution >= 0.6 is 15.9 Å². The van der Waals surface area contributed by atoms with Crippen molar-refractivity contribution >= 4 is 50.1 Å². The first kappa shape index (κ1) is 22.9. The van der Waals surface area contributed by atoms with Gasteiger partial charge in [-0.1, -0.05) is 76.6 Å². The second-order valence-electron chi connectivity index (χ2n) is 8.15. The molecule has 0 aliphatic carbocycles. The number of methoxy groups -OCH3 is 1. The maximum Gasteiger partial charge on any atom is 0.280 e. The molecular weight excluding hydrogens is 504 g/mol. The van der Waals surface area contributed by atoms with E-state index >= 15 is 0 Å². The van der Waals surface area contributed by atoms with Gasteiger partial charge in [0, 0.05) is 4.47 Å². The van der Waals surface area contributed by atoms with Crippen molar-refractivity contribution in [1.82, 2.24) is 0 Å². The first-order chi connectivity index (χ1) is 17.0. The second-order valence-corrected chi connectivity index (χ2v) is 9.00. The number of rotatable bonds is 6. The molecule has 0 spiro atoms. The number of para-hydroxylation sites is 1. The number of fused-ring (bicyclic) bond motifs is 1. The fraction of sp³-hybridized carbons (Fsp3) is 0.103. The van der Waals surface area contributed by atoms with Crippen LogP contribution in [0.4, 0.5) is 5.69 Å². The topological polar surface area (TPSA) is 51.1 Å². The Morgan fingerprint density at radius 2 is 1.69 bits per heavy atom. The Labute approximate surface area is 212 Å². The average Bonchev–Trinajstić information content (AvgIpc) is 3.17. The molecule has 1 aliphatic rings. The van der Waals surface area contributed by atoms with E-state index in [0.29, 0.717) is 29.4 Å². The van der Waals surface area contributed by atoms with E-state index < -0.39 is 0 Å². The Morgan fingerprint density at radius 1 is 0.943 bits per heavy atom. The number of hydrogen-bond acceptors (Lipinski definition) is 4. The molecule has 1 heterocycles. The normalized spacial score (nSPS) is 14.5. The minimum absolute atomic E-state index is 0.171. The molecule has 0 fully saturated rings. The molecule has 1 amide bonds. The van der Waals surface area contributed by atoms with Gasteiger partial charge in [-0.15, -0.1) is 0 Å². The van der Waals surface area contributed by atoms with Crippen molar-refractivity contribution < 1.29 is 14.3 Å². The maximum atomic E-state index is 13.1. The van der Waals surface area contributed by atoms with Crippen molar-refractivity contribution in [2.75, 3.05) is 12.1 Å². The van der Waals surface area contributed by atoms with E-state index in [1.54, 1.807) is 7.11 Å². The summed E-state index contributed by atoms with van der Waals surface area (Å²) in [6.07, 6.45) is 1.82. The van der Waals surface area contributed by atoms with E-state index in [2.05, 4.69) is 45.3 Å². The van der Waals surface area contributed by atoms with E-state index in [-0.39, 0.29) is 5.91 Å². The van der Waals surface area contributed by atoms with Gasteiger partial charge in [0.25, 0.3) is 5.91 Å². The molecule has 0 bridgehead atoms. The summed E-state index contributed by atoms with van der Waals surface area (Å²) in [5, 5.41) is 8.21. The van der Waals surface area contributed by atoms with Gasteiger partial charge >= 0.3 is 0 Å². The second kappa shape index (κ2) is 9.76. The standard InChI is InChI=1S/C29H23BrN2O3/c1-19-25(29(33)32(31-19)23-12-4-3-5-13-23)15-22-16-27(34-2)28(17-26(22)30)35-18-21-11-8-10-20-9-6-7-14-24(20)21/h3-17H,18H2,1-2H3/b25-15+. The van der Waals surface area contributed by atoms with Gasteiger partial charge in [0.05, 0.1) is 24.1 Å². The molecule has 0 saturated heterocycles.